The second-order valence-electron chi connectivity index (χ2n) is 2.82. The molecule has 2 N–H and O–H groups in total. The second-order valence-corrected chi connectivity index (χ2v) is 2.82. The Hall–Kier alpha value is -2.31. The summed E-state index contributed by atoms with van der Waals surface area (Å²) in [5, 5.41) is 10.5. The van der Waals surface area contributed by atoms with Crippen molar-refractivity contribution in [2.75, 3.05) is 0 Å². The van der Waals surface area contributed by atoms with Crippen molar-refractivity contribution in [1.82, 2.24) is 0 Å². The van der Waals surface area contributed by atoms with Gasteiger partial charge in [-0.2, -0.15) is 0 Å². The topological polar surface area (TPSA) is 86.2 Å². The van der Waals surface area contributed by atoms with Gasteiger partial charge in [-0.3, -0.25) is 14.9 Å². The monoisotopic (exact) mass is 228 g/mol. The maximum absolute atomic E-state index is 12.8. The van der Waals surface area contributed by atoms with E-state index in [4.69, 9.17) is 5.73 Å². The highest BCUT2D eigenvalue weighted by Crippen LogP contribution is 2.23. The van der Waals surface area contributed by atoms with Crippen LogP contribution in [0.2, 0.25) is 0 Å². The van der Waals surface area contributed by atoms with Crippen molar-refractivity contribution in [3.63, 3.8) is 0 Å². The van der Waals surface area contributed by atoms with E-state index < -0.39 is 28.2 Å². The lowest BCUT2D eigenvalue weighted by Crippen LogP contribution is -2.05. The van der Waals surface area contributed by atoms with Gasteiger partial charge in [0.05, 0.1) is 16.6 Å². The van der Waals surface area contributed by atoms with Crippen LogP contribution in [0.1, 0.15) is 5.56 Å². The highest BCUT2D eigenvalue weighted by molar-refractivity contribution is 5.90. The highest BCUT2D eigenvalue weighted by Gasteiger charge is 2.16. The fourth-order valence-corrected chi connectivity index (χ4v) is 1.02. The average molecular weight is 228 g/mol. The van der Waals surface area contributed by atoms with Gasteiger partial charge in [0.25, 0.3) is 5.69 Å². The van der Waals surface area contributed by atoms with Gasteiger partial charge in [0.1, 0.15) is 0 Å². The quantitative estimate of drug-likeness (QED) is 0.481. The van der Waals surface area contributed by atoms with Crippen molar-refractivity contribution >= 4 is 17.7 Å². The zero-order chi connectivity index (χ0) is 12.3. The first-order valence-corrected chi connectivity index (χ1v) is 4.02. The lowest BCUT2D eigenvalue weighted by molar-refractivity contribution is -0.385. The van der Waals surface area contributed by atoms with Gasteiger partial charge in [0, 0.05) is 6.08 Å². The Morgan fingerprint density at radius 1 is 1.38 bits per heavy atom. The summed E-state index contributed by atoms with van der Waals surface area (Å²) in [6.07, 6.45) is 1.77. The summed E-state index contributed by atoms with van der Waals surface area (Å²) >= 11 is 0. The van der Waals surface area contributed by atoms with Crippen molar-refractivity contribution in [3.05, 3.63) is 45.5 Å². The van der Waals surface area contributed by atoms with Crippen LogP contribution < -0.4 is 5.73 Å². The molecule has 1 amide bonds. The summed E-state index contributed by atoms with van der Waals surface area (Å²) in [7, 11) is 0. The van der Waals surface area contributed by atoms with Crippen LogP contribution in [0.5, 0.6) is 0 Å². The Bertz CT molecular complexity index is 486. The maximum Gasteiger partial charge on any atom is 0.279 e. The minimum Gasteiger partial charge on any atom is -0.366 e. The molecule has 1 rings (SSSR count). The maximum atomic E-state index is 12.8. The third kappa shape index (κ3) is 2.59. The van der Waals surface area contributed by atoms with E-state index in [9.17, 15) is 23.7 Å². The summed E-state index contributed by atoms with van der Waals surface area (Å²) in [6, 6.07) is 1.06. The minimum atomic E-state index is -1.33. The summed E-state index contributed by atoms with van der Waals surface area (Å²) in [5.41, 5.74) is 3.90. The fraction of sp³-hybridized carbons (Fsp3) is 0. The number of primary amides is 1. The van der Waals surface area contributed by atoms with Crippen LogP contribution in [-0.2, 0) is 4.79 Å². The third-order valence-electron chi connectivity index (χ3n) is 1.69. The van der Waals surface area contributed by atoms with Crippen molar-refractivity contribution < 1.29 is 18.5 Å². The van der Waals surface area contributed by atoms with Gasteiger partial charge in [-0.1, -0.05) is 0 Å². The number of nitrogens with zero attached hydrogens (tertiary/aromatic N) is 1. The number of nitrogens with two attached hydrogens (primary N) is 1. The van der Waals surface area contributed by atoms with Crippen LogP contribution in [0.15, 0.2) is 18.2 Å². The number of nitro benzene ring substituents is 1. The molecule has 0 radical (unpaired) electrons. The lowest BCUT2D eigenvalue weighted by atomic mass is 10.1. The standard InChI is InChI=1S/C9H6F2N2O3/c10-6-3-5(1-2-9(12)14)8(13(15)16)4-7(6)11/h1-4H,(H2,12,14). The van der Waals surface area contributed by atoms with E-state index in [-0.39, 0.29) is 5.56 Å². The number of hydrogen-bond acceptors (Lipinski definition) is 3. The molecule has 0 fully saturated rings. The van der Waals surface area contributed by atoms with Crippen LogP contribution in [0.3, 0.4) is 0 Å². The summed E-state index contributed by atoms with van der Waals surface area (Å²) in [5.74, 6) is -3.42. The van der Waals surface area contributed by atoms with Gasteiger partial charge in [-0.15, -0.1) is 0 Å². The van der Waals surface area contributed by atoms with Gasteiger partial charge in [-0.25, -0.2) is 8.78 Å². The number of benzene rings is 1. The number of halogens is 2. The molecule has 0 heterocycles. The molecule has 0 saturated heterocycles. The Kier molecular flexibility index (Phi) is 3.29. The number of carbonyl (C=O) groups is 1. The molecule has 1 aromatic carbocycles. The van der Waals surface area contributed by atoms with E-state index >= 15 is 0 Å². The van der Waals surface area contributed by atoms with E-state index in [2.05, 4.69) is 0 Å². The molecular weight excluding hydrogens is 222 g/mol. The number of nitro groups is 1. The van der Waals surface area contributed by atoms with E-state index in [0.717, 1.165) is 12.2 Å². The Morgan fingerprint density at radius 3 is 2.44 bits per heavy atom. The van der Waals surface area contributed by atoms with Crippen molar-refractivity contribution in [1.29, 1.82) is 0 Å². The van der Waals surface area contributed by atoms with E-state index in [1.54, 1.807) is 0 Å². The predicted molar refractivity (Wildman–Crippen MR) is 51.2 cm³/mol. The van der Waals surface area contributed by atoms with Gasteiger partial charge in [0.2, 0.25) is 5.91 Å². The molecule has 0 atom stereocenters. The normalized spacial score (nSPS) is 10.6. The molecule has 1 aromatic rings. The average Bonchev–Trinajstić information content (AvgIpc) is 2.18. The minimum absolute atomic E-state index is 0.234. The molecular formula is C9H6F2N2O3. The first-order valence-electron chi connectivity index (χ1n) is 4.02. The Balaban J connectivity index is 3.30. The molecule has 7 heteroatoms. The van der Waals surface area contributed by atoms with Gasteiger partial charge >= 0.3 is 0 Å². The smallest absolute Gasteiger partial charge is 0.279 e. The zero-order valence-electron chi connectivity index (χ0n) is 7.81. The zero-order valence-corrected chi connectivity index (χ0v) is 7.81. The Morgan fingerprint density at radius 2 is 1.94 bits per heavy atom. The van der Waals surface area contributed by atoms with E-state index in [1.165, 1.54) is 0 Å². The molecule has 0 bridgehead atoms. The van der Waals surface area contributed by atoms with E-state index in [0.29, 0.717) is 12.1 Å². The SMILES string of the molecule is NC(=O)C=Cc1cc(F)c(F)cc1[N+](=O)[O-]. The highest BCUT2D eigenvalue weighted by atomic mass is 19.2. The molecule has 0 aliphatic rings. The molecule has 16 heavy (non-hydrogen) atoms. The van der Waals surface area contributed by atoms with Crippen molar-refractivity contribution in [2.45, 2.75) is 0 Å². The van der Waals surface area contributed by atoms with Gasteiger partial charge in [-0.05, 0) is 12.1 Å². The molecule has 0 saturated carbocycles. The number of hydrogen-bond donors (Lipinski definition) is 1. The molecule has 0 aliphatic carbocycles. The van der Waals surface area contributed by atoms with Gasteiger partial charge in [0.15, 0.2) is 11.6 Å². The molecule has 0 aromatic heterocycles. The second kappa shape index (κ2) is 4.47. The van der Waals surface area contributed by atoms with Crippen LogP contribution in [0.25, 0.3) is 6.08 Å². The first kappa shape index (κ1) is 11.8. The van der Waals surface area contributed by atoms with Crippen LogP contribution in [0.4, 0.5) is 14.5 Å². The lowest BCUT2D eigenvalue weighted by Gasteiger charge is -1.98. The van der Waals surface area contributed by atoms with Gasteiger partial charge < -0.3 is 5.73 Å². The summed E-state index contributed by atoms with van der Waals surface area (Å²) in [4.78, 5) is 20.0. The molecule has 0 spiro atoms. The number of amides is 1. The first-order chi connectivity index (χ1) is 7.41. The molecule has 0 unspecified atom stereocenters. The molecule has 5 nitrogen and oxygen atoms in total. The third-order valence-corrected chi connectivity index (χ3v) is 1.69. The molecule has 0 aliphatic heterocycles. The largest absolute Gasteiger partial charge is 0.366 e. The number of carbonyl (C=O) groups excluding carboxylic acids is 1. The summed E-state index contributed by atoms with van der Waals surface area (Å²) < 4.78 is 25.5. The summed E-state index contributed by atoms with van der Waals surface area (Å²) in [6.45, 7) is 0. The predicted octanol–water partition coefficient (Wildman–Crippen LogP) is 1.37. The van der Waals surface area contributed by atoms with E-state index in [1.807, 2.05) is 0 Å². The fourth-order valence-electron chi connectivity index (χ4n) is 1.02. The molecule has 84 valence electrons. The number of rotatable bonds is 3. The van der Waals surface area contributed by atoms with Crippen molar-refractivity contribution in [3.8, 4) is 0 Å². The van der Waals surface area contributed by atoms with Crippen LogP contribution in [-0.4, -0.2) is 10.8 Å². The van der Waals surface area contributed by atoms with Crippen LogP contribution in [0, 0.1) is 21.7 Å². The Labute approximate surface area is 88.3 Å². The van der Waals surface area contributed by atoms with Crippen LogP contribution >= 0.6 is 0 Å². The van der Waals surface area contributed by atoms with Crippen molar-refractivity contribution in [2.24, 2.45) is 5.73 Å².